The fraction of sp³-hybridized carbons (Fsp3) is 0.111. The van der Waals surface area contributed by atoms with Crippen LogP contribution in [0.1, 0.15) is 26.3 Å². The van der Waals surface area contributed by atoms with Crippen LogP contribution in [-0.4, -0.2) is 11.5 Å². The summed E-state index contributed by atoms with van der Waals surface area (Å²) in [5.41, 5.74) is -1.62. The Labute approximate surface area is 87.6 Å². The average molecular weight is 237 g/mol. The second-order valence-electron chi connectivity index (χ2n) is 2.69. The minimum absolute atomic E-state index is 0.164. The Hall–Kier alpha value is -1.36. The second-order valence-corrected chi connectivity index (χ2v) is 3.03. The summed E-state index contributed by atoms with van der Waals surface area (Å²) in [6.07, 6.45) is -4.29. The van der Waals surface area contributed by atoms with Gasteiger partial charge in [0.15, 0.2) is 6.29 Å². The first kappa shape index (κ1) is 11.7. The van der Waals surface area contributed by atoms with Crippen LogP contribution in [-0.2, 0) is 6.18 Å². The molecule has 0 unspecified atom stereocenters. The molecule has 0 aliphatic heterocycles. The maximum absolute atomic E-state index is 12.2. The molecule has 15 heavy (non-hydrogen) atoms. The van der Waals surface area contributed by atoms with Crippen LogP contribution in [0, 0.1) is 0 Å². The van der Waals surface area contributed by atoms with E-state index in [4.69, 9.17) is 11.6 Å². The molecule has 6 heteroatoms. The highest BCUT2D eigenvalue weighted by Gasteiger charge is 2.31. The van der Waals surface area contributed by atoms with Crippen LogP contribution < -0.4 is 0 Å². The molecule has 0 aliphatic rings. The lowest BCUT2D eigenvalue weighted by Crippen LogP contribution is -2.07. The Morgan fingerprint density at radius 1 is 1.33 bits per heavy atom. The summed E-state index contributed by atoms with van der Waals surface area (Å²) in [6, 6.07) is 2.18. The predicted octanol–water partition coefficient (Wildman–Crippen LogP) is 2.90. The molecular weight excluding hydrogens is 233 g/mol. The van der Waals surface area contributed by atoms with Crippen molar-refractivity contribution in [1.29, 1.82) is 0 Å². The number of alkyl halides is 3. The number of carbonyl (C=O) groups excluding carboxylic acids is 2. The van der Waals surface area contributed by atoms with Gasteiger partial charge in [0.25, 0.3) is 5.24 Å². The summed E-state index contributed by atoms with van der Waals surface area (Å²) in [7, 11) is 0. The number of halogens is 4. The molecule has 0 heterocycles. The first-order valence-corrected chi connectivity index (χ1v) is 4.10. The van der Waals surface area contributed by atoms with E-state index >= 15 is 0 Å². The van der Waals surface area contributed by atoms with Crippen molar-refractivity contribution in [3.8, 4) is 0 Å². The summed E-state index contributed by atoms with van der Waals surface area (Å²) in [5.74, 6) is 0. The topological polar surface area (TPSA) is 34.1 Å². The first-order valence-electron chi connectivity index (χ1n) is 3.72. The van der Waals surface area contributed by atoms with Crippen molar-refractivity contribution in [1.82, 2.24) is 0 Å². The van der Waals surface area contributed by atoms with Crippen LogP contribution in [0.5, 0.6) is 0 Å². The van der Waals surface area contributed by atoms with E-state index in [0.29, 0.717) is 12.1 Å². The molecule has 1 rings (SSSR count). The smallest absolute Gasteiger partial charge is 0.298 e. The van der Waals surface area contributed by atoms with Crippen molar-refractivity contribution >= 4 is 23.1 Å². The van der Waals surface area contributed by atoms with Crippen molar-refractivity contribution < 1.29 is 22.8 Å². The van der Waals surface area contributed by atoms with Gasteiger partial charge in [0.05, 0.1) is 5.56 Å². The number of aldehydes is 1. The van der Waals surface area contributed by atoms with E-state index in [2.05, 4.69) is 0 Å². The van der Waals surface area contributed by atoms with Gasteiger partial charge in [0.2, 0.25) is 0 Å². The Morgan fingerprint density at radius 3 is 2.33 bits per heavy atom. The van der Waals surface area contributed by atoms with E-state index in [9.17, 15) is 22.8 Å². The van der Waals surface area contributed by atoms with Gasteiger partial charge in [-0.15, -0.1) is 0 Å². The molecule has 0 atom stereocenters. The number of hydrogen-bond donors (Lipinski definition) is 0. The first-order chi connectivity index (χ1) is 6.86. The zero-order valence-electron chi connectivity index (χ0n) is 7.14. The van der Waals surface area contributed by atoms with Crippen molar-refractivity contribution in [3.05, 3.63) is 34.9 Å². The summed E-state index contributed by atoms with van der Waals surface area (Å²) < 4.78 is 36.7. The van der Waals surface area contributed by atoms with Gasteiger partial charge in [0.1, 0.15) is 0 Å². The third-order valence-electron chi connectivity index (χ3n) is 1.72. The van der Waals surface area contributed by atoms with E-state index in [1.165, 1.54) is 0 Å². The highest BCUT2D eigenvalue weighted by atomic mass is 35.5. The van der Waals surface area contributed by atoms with E-state index in [1.54, 1.807) is 0 Å². The molecule has 1 aromatic rings. The molecule has 0 spiro atoms. The summed E-state index contributed by atoms with van der Waals surface area (Å²) in [6.45, 7) is 0. The second kappa shape index (κ2) is 4.02. The highest BCUT2D eigenvalue weighted by molar-refractivity contribution is 6.68. The molecular formula is C9H4ClF3O2. The predicted molar refractivity (Wildman–Crippen MR) is 47.0 cm³/mol. The SMILES string of the molecule is O=Cc1ccc(C(F)(F)F)cc1C(=O)Cl. The standard InChI is InChI=1S/C9H4ClF3O2/c10-8(15)7-3-6(9(11,12)13)2-1-5(7)4-14/h1-4H. The molecule has 2 nitrogen and oxygen atoms in total. The van der Waals surface area contributed by atoms with E-state index < -0.39 is 22.5 Å². The summed E-state index contributed by atoms with van der Waals surface area (Å²) in [5, 5.41) is -1.09. The van der Waals surface area contributed by atoms with Gasteiger partial charge in [-0.3, -0.25) is 9.59 Å². The molecule has 0 bridgehead atoms. The van der Waals surface area contributed by atoms with Gasteiger partial charge in [-0.25, -0.2) is 0 Å². The number of rotatable bonds is 2. The van der Waals surface area contributed by atoms with Crippen molar-refractivity contribution in [3.63, 3.8) is 0 Å². The minimum atomic E-state index is -4.57. The zero-order valence-corrected chi connectivity index (χ0v) is 7.89. The monoisotopic (exact) mass is 236 g/mol. The third kappa shape index (κ3) is 2.56. The molecule has 0 aromatic heterocycles. The van der Waals surface area contributed by atoms with E-state index in [0.717, 1.165) is 6.07 Å². The number of carbonyl (C=O) groups is 2. The molecule has 0 fully saturated rings. The molecule has 80 valence electrons. The highest BCUT2D eigenvalue weighted by Crippen LogP contribution is 2.30. The quantitative estimate of drug-likeness (QED) is 0.584. The van der Waals surface area contributed by atoms with Crippen LogP contribution in [0.3, 0.4) is 0 Å². The van der Waals surface area contributed by atoms with Crippen LogP contribution in [0.2, 0.25) is 0 Å². The normalized spacial score (nSPS) is 11.2. The number of hydrogen-bond acceptors (Lipinski definition) is 2. The molecule has 0 saturated carbocycles. The molecule has 0 radical (unpaired) electrons. The van der Waals surface area contributed by atoms with Gasteiger partial charge in [-0.2, -0.15) is 13.2 Å². The van der Waals surface area contributed by atoms with Crippen molar-refractivity contribution in [2.24, 2.45) is 0 Å². The lowest BCUT2D eigenvalue weighted by Gasteiger charge is -2.08. The average Bonchev–Trinajstić information content (AvgIpc) is 2.15. The fourth-order valence-electron chi connectivity index (χ4n) is 1.01. The molecule has 0 N–H and O–H groups in total. The van der Waals surface area contributed by atoms with Gasteiger partial charge < -0.3 is 0 Å². The molecule has 0 saturated heterocycles. The van der Waals surface area contributed by atoms with E-state index in [1.807, 2.05) is 0 Å². The maximum atomic E-state index is 12.2. The van der Waals surface area contributed by atoms with Gasteiger partial charge in [-0.1, -0.05) is 6.07 Å². The van der Waals surface area contributed by atoms with Crippen LogP contribution in [0.15, 0.2) is 18.2 Å². The Kier molecular flexibility index (Phi) is 3.14. The fourth-order valence-corrected chi connectivity index (χ4v) is 1.17. The largest absolute Gasteiger partial charge is 0.416 e. The van der Waals surface area contributed by atoms with Crippen LogP contribution in [0.25, 0.3) is 0 Å². The van der Waals surface area contributed by atoms with Gasteiger partial charge in [-0.05, 0) is 23.7 Å². The van der Waals surface area contributed by atoms with Gasteiger partial charge >= 0.3 is 6.18 Å². The van der Waals surface area contributed by atoms with Crippen LogP contribution in [0.4, 0.5) is 13.2 Å². The Balaban J connectivity index is 3.35. The molecule has 0 amide bonds. The van der Waals surface area contributed by atoms with Crippen molar-refractivity contribution in [2.45, 2.75) is 6.18 Å². The zero-order chi connectivity index (χ0) is 11.6. The Morgan fingerprint density at radius 2 is 1.93 bits per heavy atom. The third-order valence-corrected chi connectivity index (χ3v) is 1.92. The minimum Gasteiger partial charge on any atom is -0.298 e. The summed E-state index contributed by atoms with van der Waals surface area (Å²) in [4.78, 5) is 21.1. The van der Waals surface area contributed by atoms with Gasteiger partial charge in [0, 0.05) is 11.1 Å². The van der Waals surface area contributed by atoms with Crippen molar-refractivity contribution in [2.75, 3.05) is 0 Å². The lowest BCUT2D eigenvalue weighted by molar-refractivity contribution is -0.137. The Bertz CT molecular complexity index is 412. The maximum Gasteiger partial charge on any atom is 0.416 e. The van der Waals surface area contributed by atoms with E-state index in [-0.39, 0.29) is 11.8 Å². The lowest BCUT2D eigenvalue weighted by atomic mass is 10.1. The molecule has 1 aromatic carbocycles. The van der Waals surface area contributed by atoms with Crippen LogP contribution >= 0.6 is 11.6 Å². The summed E-state index contributed by atoms with van der Waals surface area (Å²) >= 11 is 5.04. The number of benzene rings is 1. The molecule has 0 aliphatic carbocycles.